The van der Waals surface area contributed by atoms with Gasteiger partial charge in [-0.1, -0.05) is 60.1 Å². The number of ether oxygens (including phenoxy) is 1. The van der Waals surface area contributed by atoms with E-state index >= 15 is 0 Å². The lowest BCUT2D eigenvalue weighted by atomic mass is 9.41. The molecule has 3 nitrogen and oxygen atoms in total. The van der Waals surface area contributed by atoms with E-state index in [-0.39, 0.29) is 34.2 Å². The topological polar surface area (TPSA) is 43.4 Å². The first-order chi connectivity index (χ1) is 15.3. The second-order valence-electron chi connectivity index (χ2n) is 14.0. The fourth-order valence-electron chi connectivity index (χ4n) is 10.0. The van der Waals surface area contributed by atoms with Crippen LogP contribution in [0.4, 0.5) is 0 Å². The number of ketones is 1. The van der Waals surface area contributed by atoms with Crippen molar-refractivity contribution in [1.82, 2.24) is 0 Å². The fourth-order valence-corrected chi connectivity index (χ4v) is 10.0. The molecule has 4 fully saturated rings. The van der Waals surface area contributed by atoms with Crippen LogP contribution >= 0.6 is 0 Å². The number of rotatable bonds is 3. The number of Topliss-reactive ketones (excluding diaryl/α,β-unsaturated/α-hetero) is 1. The predicted octanol–water partition coefficient (Wildman–Crippen LogP) is 7.14. The molecule has 5 aliphatic rings. The number of allylic oxidation sites excluding steroid dienone is 2. The summed E-state index contributed by atoms with van der Waals surface area (Å²) in [6.07, 6.45) is 12.7. The quantitative estimate of drug-likeness (QED) is 0.336. The van der Waals surface area contributed by atoms with E-state index in [9.17, 15) is 9.59 Å². The van der Waals surface area contributed by atoms with Crippen LogP contribution in [0.5, 0.6) is 0 Å². The minimum absolute atomic E-state index is 0.000716. The summed E-state index contributed by atoms with van der Waals surface area (Å²) in [5.41, 5.74) is 2.37. The van der Waals surface area contributed by atoms with Crippen molar-refractivity contribution in [3.8, 4) is 0 Å². The minimum atomic E-state index is -0.195. The summed E-state index contributed by atoms with van der Waals surface area (Å²) in [4.78, 5) is 24.8. The molecule has 5 rings (SSSR count). The van der Waals surface area contributed by atoms with E-state index in [0.29, 0.717) is 34.9 Å². The van der Waals surface area contributed by atoms with Gasteiger partial charge in [0.2, 0.25) is 0 Å². The lowest BCUT2D eigenvalue weighted by Gasteiger charge is -2.63. The lowest BCUT2D eigenvalue weighted by Crippen LogP contribution is -2.57. The molecular weight excluding hydrogens is 408 g/mol. The van der Waals surface area contributed by atoms with Crippen molar-refractivity contribution < 1.29 is 14.3 Å². The minimum Gasteiger partial charge on any atom is -0.462 e. The SMILES string of the molecule is C[C@@H]1C[C@@H](C[C@@H](C)[C@H]2CC[C@@]3(C)C4=CC[C@H]5C(C)(C)C(=O)CC[C@]5(C)[C@@H]4CC[C@]23C)OC1=O. The van der Waals surface area contributed by atoms with E-state index in [2.05, 4.69) is 47.6 Å². The molecular formula is C30H46O3. The van der Waals surface area contributed by atoms with Crippen LogP contribution in [-0.2, 0) is 14.3 Å². The highest BCUT2D eigenvalue weighted by atomic mass is 16.5. The molecule has 9 atom stereocenters. The second-order valence-corrected chi connectivity index (χ2v) is 14.0. The Morgan fingerprint density at radius 3 is 2.45 bits per heavy atom. The number of esters is 1. The first-order valence-corrected chi connectivity index (χ1v) is 13.8. The molecule has 184 valence electrons. The number of carbonyl (C=O) groups is 2. The van der Waals surface area contributed by atoms with Gasteiger partial charge < -0.3 is 4.74 Å². The molecule has 0 radical (unpaired) electrons. The third-order valence-electron chi connectivity index (χ3n) is 12.3. The summed E-state index contributed by atoms with van der Waals surface area (Å²) >= 11 is 0. The van der Waals surface area contributed by atoms with Gasteiger partial charge in [0.25, 0.3) is 0 Å². The Morgan fingerprint density at radius 1 is 1.06 bits per heavy atom. The molecule has 3 heteroatoms. The Labute approximate surface area is 201 Å². The van der Waals surface area contributed by atoms with Gasteiger partial charge >= 0.3 is 5.97 Å². The van der Waals surface area contributed by atoms with E-state index in [4.69, 9.17) is 4.74 Å². The highest BCUT2D eigenvalue weighted by Gasteiger charge is 2.65. The first kappa shape index (κ1) is 23.6. The van der Waals surface area contributed by atoms with Gasteiger partial charge in [0, 0.05) is 11.8 Å². The van der Waals surface area contributed by atoms with Crippen LogP contribution in [0.25, 0.3) is 0 Å². The van der Waals surface area contributed by atoms with Crippen molar-refractivity contribution in [2.24, 2.45) is 51.2 Å². The molecule has 1 aliphatic heterocycles. The maximum atomic E-state index is 12.8. The van der Waals surface area contributed by atoms with Crippen LogP contribution in [0.15, 0.2) is 11.6 Å². The number of carbonyl (C=O) groups excluding carboxylic acids is 2. The van der Waals surface area contributed by atoms with Crippen molar-refractivity contribution in [3.63, 3.8) is 0 Å². The maximum absolute atomic E-state index is 12.8. The zero-order valence-corrected chi connectivity index (χ0v) is 22.1. The third kappa shape index (κ3) is 3.12. The summed E-state index contributed by atoms with van der Waals surface area (Å²) in [6, 6.07) is 0. The largest absolute Gasteiger partial charge is 0.462 e. The van der Waals surface area contributed by atoms with Crippen LogP contribution in [0.1, 0.15) is 106 Å². The molecule has 0 amide bonds. The first-order valence-electron chi connectivity index (χ1n) is 13.8. The average molecular weight is 455 g/mol. The predicted molar refractivity (Wildman–Crippen MR) is 131 cm³/mol. The normalized spacial score (nSPS) is 49.5. The molecule has 1 heterocycles. The van der Waals surface area contributed by atoms with E-state index in [1.54, 1.807) is 5.57 Å². The van der Waals surface area contributed by atoms with Gasteiger partial charge in [-0.2, -0.15) is 0 Å². The monoisotopic (exact) mass is 454 g/mol. The van der Waals surface area contributed by atoms with Crippen molar-refractivity contribution in [2.75, 3.05) is 0 Å². The number of hydrogen-bond donors (Lipinski definition) is 0. The van der Waals surface area contributed by atoms with E-state index < -0.39 is 0 Å². The Balaban J connectivity index is 1.41. The summed E-state index contributed by atoms with van der Waals surface area (Å²) in [5.74, 6) is 2.92. The molecule has 0 aromatic heterocycles. The van der Waals surface area contributed by atoms with Gasteiger partial charge in [0.1, 0.15) is 11.9 Å². The Morgan fingerprint density at radius 2 is 1.79 bits per heavy atom. The van der Waals surface area contributed by atoms with Gasteiger partial charge in [-0.05, 0) is 91.3 Å². The van der Waals surface area contributed by atoms with Gasteiger partial charge in [-0.3, -0.25) is 9.59 Å². The fraction of sp³-hybridized carbons (Fsp3) is 0.867. The lowest BCUT2D eigenvalue weighted by molar-refractivity contribution is -0.147. The summed E-state index contributed by atoms with van der Waals surface area (Å²) < 4.78 is 5.71. The van der Waals surface area contributed by atoms with E-state index in [1.165, 1.54) is 25.7 Å². The van der Waals surface area contributed by atoms with E-state index in [1.807, 2.05) is 6.92 Å². The molecule has 0 aromatic carbocycles. The Hall–Kier alpha value is -1.12. The zero-order chi connectivity index (χ0) is 24.0. The number of cyclic esters (lactones) is 1. The molecule has 0 aromatic rings. The third-order valence-corrected chi connectivity index (χ3v) is 12.3. The van der Waals surface area contributed by atoms with Crippen molar-refractivity contribution in [2.45, 2.75) is 112 Å². The Kier molecular flexibility index (Phi) is 5.32. The molecule has 0 N–H and O–H groups in total. The van der Waals surface area contributed by atoms with Gasteiger partial charge in [0.15, 0.2) is 0 Å². The van der Waals surface area contributed by atoms with Crippen LogP contribution in [0, 0.1) is 51.2 Å². The molecule has 0 bridgehead atoms. The van der Waals surface area contributed by atoms with Crippen molar-refractivity contribution in [3.05, 3.63) is 11.6 Å². The van der Waals surface area contributed by atoms with Gasteiger partial charge in [0.05, 0.1) is 5.92 Å². The summed E-state index contributed by atoms with van der Waals surface area (Å²) in [5, 5.41) is 0. The van der Waals surface area contributed by atoms with Crippen molar-refractivity contribution >= 4 is 11.8 Å². The second kappa shape index (κ2) is 7.44. The maximum Gasteiger partial charge on any atom is 0.309 e. The van der Waals surface area contributed by atoms with E-state index in [0.717, 1.165) is 32.1 Å². The number of hydrogen-bond acceptors (Lipinski definition) is 3. The van der Waals surface area contributed by atoms with Crippen LogP contribution < -0.4 is 0 Å². The van der Waals surface area contributed by atoms with Crippen molar-refractivity contribution in [1.29, 1.82) is 0 Å². The molecule has 33 heavy (non-hydrogen) atoms. The van der Waals surface area contributed by atoms with Crippen LogP contribution in [-0.4, -0.2) is 17.9 Å². The smallest absolute Gasteiger partial charge is 0.309 e. The van der Waals surface area contributed by atoms with Gasteiger partial charge in [-0.25, -0.2) is 0 Å². The highest BCUT2D eigenvalue weighted by molar-refractivity contribution is 5.85. The molecule has 0 unspecified atom stereocenters. The van der Waals surface area contributed by atoms with Crippen LogP contribution in [0.2, 0.25) is 0 Å². The molecule has 3 saturated carbocycles. The number of fused-ring (bicyclic) bond motifs is 5. The molecule has 1 saturated heterocycles. The molecule has 4 aliphatic carbocycles. The summed E-state index contributed by atoms with van der Waals surface area (Å²) in [6.45, 7) is 16.6. The van der Waals surface area contributed by atoms with Crippen LogP contribution in [0.3, 0.4) is 0 Å². The Bertz CT molecular complexity index is 885. The van der Waals surface area contributed by atoms with Gasteiger partial charge in [-0.15, -0.1) is 0 Å². The molecule has 0 spiro atoms. The highest BCUT2D eigenvalue weighted by Crippen LogP contribution is 2.73. The zero-order valence-electron chi connectivity index (χ0n) is 22.1. The summed E-state index contributed by atoms with van der Waals surface area (Å²) in [7, 11) is 0. The average Bonchev–Trinajstić information content (AvgIpc) is 3.20. The standard InChI is InChI=1S/C30H46O3/c1-18(16-20-17-19(2)26(32)33-20)21-10-14-30(7)23-8-9-24-27(3,4)25(31)12-13-28(24,5)22(23)11-15-29(21,30)6/h8,18-22,24H,9-17H2,1-7H3/t18-,19-,20-,21-,22-,24+,28-,29-,30+/m1/s1.